The number of hydrogen-bond acceptors (Lipinski definition) is 2. The summed E-state index contributed by atoms with van der Waals surface area (Å²) in [5, 5.41) is 3.43. The van der Waals surface area contributed by atoms with Crippen molar-refractivity contribution in [2.45, 2.75) is 32.2 Å². The highest BCUT2D eigenvalue weighted by Crippen LogP contribution is 2.24. The number of ether oxygens (including phenoxy) is 1. The highest BCUT2D eigenvalue weighted by molar-refractivity contribution is 5.31. The van der Waals surface area contributed by atoms with Gasteiger partial charge in [0.1, 0.15) is 0 Å². The molecule has 0 aromatic heterocycles. The molecule has 3 heteroatoms. The van der Waals surface area contributed by atoms with Gasteiger partial charge >= 0.3 is 0 Å². The molecule has 1 aromatic rings. The first-order valence-electron chi connectivity index (χ1n) is 6.40. The van der Waals surface area contributed by atoms with E-state index in [0.717, 1.165) is 31.4 Å². The molecule has 1 rings (SSSR count). The van der Waals surface area contributed by atoms with E-state index in [1.165, 1.54) is 7.11 Å². The molecule has 100 valence electrons. The lowest BCUT2D eigenvalue weighted by Crippen LogP contribution is -2.22. The van der Waals surface area contributed by atoms with E-state index in [-0.39, 0.29) is 17.6 Å². The molecule has 0 bridgehead atoms. The van der Waals surface area contributed by atoms with Crippen molar-refractivity contribution in [2.75, 3.05) is 13.7 Å². The quantitative estimate of drug-likeness (QED) is 0.709. The van der Waals surface area contributed by atoms with Crippen LogP contribution in [-0.4, -0.2) is 13.7 Å². The standard InChI is InChI=1S/C15H22FNO/c1-4-6-7-14(17-10-5-2)12-8-9-15(18-3)13(16)11-12/h4,8-9,11,14,17H,1,5-7,10H2,2-3H3. The zero-order valence-electron chi connectivity index (χ0n) is 11.2. The fourth-order valence-corrected chi connectivity index (χ4v) is 1.89. The molecule has 2 nitrogen and oxygen atoms in total. The van der Waals surface area contributed by atoms with Crippen LogP contribution in [0.2, 0.25) is 0 Å². The van der Waals surface area contributed by atoms with E-state index in [1.807, 2.05) is 12.1 Å². The van der Waals surface area contributed by atoms with Crippen LogP contribution in [0.25, 0.3) is 0 Å². The highest BCUT2D eigenvalue weighted by atomic mass is 19.1. The maximum Gasteiger partial charge on any atom is 0.165 e. The number of hydrogen-bond donors (Lipinski definition) is 1. The second-order valence-electron chi connectivity index (χ2n) is 4.27. The van der Waals surface area contributed by atoms with E-state index in [4.69, 9.17) is 4.74 Å². The Hall–Kier alpha value is -1.35. The molecule has 0 aliphatic heterocycles. The Bertz CT molecular complexity index is 379. The monoisotopic (exact) mass is 251 g/mol. The van der Waals surface area contributed by atoms with Crippen molar-refractivity contribution in [1.29, 1.82) is 0 Å². The maximum absolute atomic E-state index is 13.7. The lowest BCUT2D eigenvalue weighted by molar-refractivity contribution is 0.385. The Kier molecular flexibility index (Phi) is 6.44. The molecule has 18 heavy (non-hydrogen) atoms. The van der Waals surface area contributed by atoms with Gasteiger partial charge in [0, 0.05) is 6.04 Å². The smallest absolute Gasteiger partial charge is 0.165 e. The van der Waals surface area contributed by atoms with Crippen molar-refractivity contribution in [1.82, 2.24) is 5.32 Å². The second kappa shape index (κ2) is 7.88. The Labute approximate surface area is 109 Å². The lowest BCUT2D eigenvalue weighted by Gasteiger charge is -2.19. The molecule has 0 saturated carbocycles. The summed E-state index contributed by atoms with van der Waals surface area (Å²) in [6.45, 7) is 6.77. The van der Waals surface area contributed by atoms with Gasteiger partial charge in [-0.3, -0.25) is 0 Å². The van der Waals surface area contributed by atoms with Crippen molar-refractivity contribution < 1.29 is 9.13 Å². The Morgan fingerprint density at radius 1 is 1.50 bits per heavy atom. The summed E-state index contributed by atoms with van der Waals surface area (Å²) in [5.74, 6) is -0.0198. The number of methoxy groups -OCH3 is 1. The van der Waals surface area contributed by atoms with Crippen molar-refractivity contribution >= 4 is 0 Å². The molecule has 0 saturated heterocycles. The minimum Gasteiger partial charge on any atom is -0.494 e. The van der Waals surface area contributed by atoms with Crippen LogP contribution in [-0.2, 0) is 0 Å². The molecule has 1 aromatic carbocycles. The topological polar surface area (TPSA) is 21.3 Å². The Morgan fingerprint density at radius 3 is 2.83 bits per heavy atom. The summed E-state index contributed by atoms with van der Waals surface area (Å²) in [6, 6.07) is 5.32. The molecule has 0 fully saturated rings. The summed E-state index contributed by atoms with van der Waals surface area (Å²) in [4.78, 5) is 0. The second-order valence-corrected chi connectivity index (χ2v) is 4.27. The molecule has 0 spiro atoms. The highest BCUT2D eigenvalue weighted by Gasteiger charge is 2.12. The summed E-state index contributed by atoms with van der Waals surface area (Å²) in [6.07, 6.45) is 4.79. The molecule has 0 aliphatic rings. The summed E-state index contributed by atoms with van der Waals surface area (Å²) in [5.41, 5.74) is 0.962. The number of halogens is 1. The van der Waals surface area contributed by atoms with E-state index < -0.39 is 0 Å². The number of allylic oxidation sites excluding steroid dienone is 1. The maximum atomic E-state index is 13.7. The third kappa shape index (κ3) is 4.15. The fourth-order valence-electron chi connectivity index (χ4n) is 1.89. The van der Waals surface area contributed by atoms with Gasteiger partial charge in [0.25, 0.3) is 0 Å². The van der Waals surface area contributed by atoms with Crippen molar-refractivity contribution in [3.63, 3.8) is 0 Å². The average molecular weight is 251 g/mol. The van der Waals surface area contributed by atoms with Crippen LogP contribution in [0.15, 0.2) is 30.9 Å². The van der Waals surface area contributed by atoms with Gasteiger partial charge in [-0.1, -0.05) is 19.1 Å². The molecule has 1 unspecified atom stereocenters. The normalized spacial score (nSPS) is 12.2. The van der Waals surface area contributed by atoms with Gasteiger partial charge in [-0.2, -0.15) is 0 Å². The third-order valence-corrected chi connectivity index (χ3v) is 2.88. The number of nitrogens with one attached hydrogen (secondary N) is 1. The fraction of sp³-hybridized carbons (Fsp3) is 0.467. The van der Waals surface area contributed by atoms with Crippen LogP contribution < -0.4 is 10.1 Å². The third-order valence-electron chi connectivity index (χ3n) is 2.88. The van der Waals surface area contributed by atoms with Gasteiger partial charge in [-0.15, -0.1) is 6.58 Å². The van der Waals surface area contributed by atoms with Crippen LogP contribution in [0.1, 0.15) is 37.8 Å². The van der Waals surface area contributed by atoms with Crippen molar-refractivity contribution in [2.24, 2.45) is 0 Å². The first kappa shape index (κ1) is 14.7. The zero-order chi connectivity index (χ0) is 13.4. The SMILES string of the molecule is C=CCCC(NCCC)c1ccc(OC)c(F)c1. The molecule has 0 aliphatic carbocycles. The van der Waals surface area contributed by atoms with Gasteiger partial charge < -0.3 is 10.1 Å². The number of rotatable bonds is 8. The first-order valence-corrected chi connectivity index (χ1v) is 6.40. The summed E-state index contributed by atoms with van der Waals surface area (Å²) >= 11 is 0. The molecule has 1 N–H and O–H groups in total. The van der Waals surface area contributed by atoms with Crippen LogP contribution in [0, 0.1) is 5.82 Å². The Balaban J connectivity index is 2.82. The van der Waals surface area contributed by atoms with Crippen LogP contribution in [0.5, 0.6) is 5.75 Å². The van der Waals surface area contributed by atoms with Gasteiger partial charge in [0.05, 0.1) is 7.11 Å². The van der Waals surface area contributed by atoms with Gasteiger partial charge in [-0.05, 0) is 43.5 Å². The Morgan fingerprint density at radius 2 is 2.28 bits per heavy atom. The molecule has 0 amide bonds. The van der Waals surface area contributed by atoms with Crippen LogP contribution in [0.4, 0.5) is 4.39 Å². The minimum absolute atomic E-state index is 0.170. The van der Waals surface area contributed by atoms with E-state index in [2.05, 4.69) is 18.8 Å². The largest absolute Gasteiger partial charge is 0.494 e. The summed E-state index contributed by atoms with van der Waals surface area (Å²) < 4.78 is 18.6. The molecular weight excluding hydrogens is 229 g/mol. The van der Waals surface area contributed by atoms with E-state index in [9.17, 15) is 4.39 Å². The van der Waals surface area contributed by atoms with E-state index in [0.29, 0.717) is 0 Å². The minimum atomic E-state index is -0.308. The van der Waals surface area contributed by atoms with Gasteiger partial charge in [0.15, 0.2) is 11.6 Å². The van der Waals surface area contributed by atoms with E-state index >= 15 is 0 Å². The predicted octanol–water partition coefficient (Wildman–Crippen LogP) is 3.84. The molecule has 0 radical (unpaired) electrons. The average Bonchev–Trinajstić information content (AvgIpc) is 2.39. The van der Waals surface area contributed by atoms with Gasteiger partial charge in [-0.25, -0.2) is 4.39 Å². The lowest BCUT2D eigenvalue weighted by atomic mass is 10.0. The number of benzene rings is 1. The summed E-state index contributed by atoms with van der Waals surface area (Å²) in [7, 11) is 1.47. The van der Waals surface area contributed by atoms with Gasteiger partial charge in [0.2, 0.25) is 0 Å². The molecular formula is C15H22FNO. The van der Waals surface area contributed by atoms with Crippen LogP contribution >= 0.6 is 0 Å². The van der Waals surface area contributed by atoms with Crippen molar-refractivity contribution in [3.8, 4) is 5.75 Å². The first-order chi connectivity index (χ1) is 8.72. The van der Waals surface area contributed by atoms with Crippen molar-refractivity contribution in [3.05, 3.63) is 42.2 Å². The molecule has 0 heterocycles. The molecule has 1 atom stereocenters. The van der Waals surface area contributed by atoms with Crippen LogP contribution in [0.3, 0.4) is 0 Å². The predicted molar refractivity (Wildman–Crippen MR) is 73.4 cm³/mol. The van der Waals surface area contributed by atoms with E-state index in [1.54, 1.807) is 12.1 Å². The zero-order valence-corrected chi connectivity index (χ0v) is 11.2.